The summed E-state index contributed by atoms with van der Waals surface area (Å²) in [5, 5.41) is 25.8. The highest BCUT2D eigenvalue weighted by atomic mass is 16.3. The molecule has 1 aromatic carbocycles. The third kappa shape index (κ3) is 3.00. The van der Waals surface area contributed by atoms with E-state index in [1.54, 1.807) is 6.07 Å². The zero-order valence-electron chi connectivity index (χ0n) is 17.7. The van der Waals surface area contributed by atoms with Gasteiger partial charge < -0.3 is 15.5 Å². The van der Waals surface area contributed by atoms with Crippen LogP contribution in [-0.4, -0.2) is 51.8 Å². The largest absolute Gasteiger partial charge is 0.508 e. The van der Waals surface area contributed by atoms with E-state index in [1.165, 1.54) is 18.4 Å². The van der Waals surface area contributed by atoms with Crippen molar-refractivity contribution >= 4 is 5.91 Å². The van der Waals surface area contributed by atoms with E-state index in [4.69, 9.17) is 0 Å². The minimum Gasteiger partial charge on any atom is -0.508 e. The van der Waals surface area contributed by atoms with Gasteiger partial charge in [-0.1, -0.05) is 19.9 Å². The first-order valence-electron chi connectivity index (χ1n) is 11.4. The lowest BCUT2D eigenvalue weighted by molar-refractivity contribution is -0.172. The molecule has 29 heavy (non-hydrogen) atoms. The maximum atomic E-state index is 12.3. The number of rotatable bonds is 4. The second-order valence-corrected chi connectivity index (χ2v) is 10.4. The molecule has 1 aliphatic heterocycles. The quantitative estimate of drug-likeness (QED) is 0.729. The van der Waals surface area contributed by atoms with Crippen molar-refractivity contribution in [1.29, 1.82) is 0 Å². The number of hydrogen-bond acceptors (Lipinski definition) is 4. The minimum atomic E-state index is -0.867. The monoisotopic (exact) mass is 398 g/mol. The molecule has 0 spiro atoms. The Morgan fingerprint density at radius 1 is 1.28 bits per heavy atom. The van der Waals surface area contributed by atoms with Gasteiger partial charge in [0.2, 0.25) is 5.91 Å². The van der Waals surface area contributed by atoms with Crippen LogP contribution >= 0.6 is 0 Å². The molecule has 3 fully saturated rings. The summed E-state index contributed by atoms with van der Waals surface area (Å²) in [6.07, 6.45) is 6.71. The third-order valence-electron chi connectivity index (χ3n) is 8.21. The summed E-state index contributed by atoms with van der Waals surface area (Å²) >= 11 is 0. The Hall–Kier alpha value is -1.59. The number of aliphatic hydroxyl groups is 1. The Bertz CT molecular complexity index is 820. The van der Waals surface area contributed by atoms with E-state index in [2.05, 4.69) is 16.3 Å². The SMILES string of the molecule is CC(C)C(=O)N[C@H]1CC[C@]23CCN(CC4CC4)[C@H](Cc4ccc(O)cc42)[C@]3(O)C1. The molecule has 4 aliphatic rings. The molecule has 2 bridgehead atoms. The first kappa shape index (κ1) is 19.4. The highest BCUT2D eigenvalue weighted by Gasteiger charge is 2.64. The second kappa shape index (κ2) is 6.71. The van der Waals surface area contributed by atoms with Crippen molar-refractivity contribution in [2.24, 2.45) is 11.8 Å². The van der Waals surface area contributed by atoms with Crippen LogP contribution in [0.25, 0.3) is 0 Å². The lowest BCUT2D eigenvalue weighted by Gasteiger charge is -2.65. The number of phenolic OH excluding ortho intramolecular Hbond substituents is 1. The molecular weight excluding hydrogens is 364 g/mol. The standard InChI is InChI=1S/C24H34N2O3/c1-15(2)22(28)25-18-7-8-23-9-10-26(14-16-3-4-16)21(24(23,29)13-18)11-17-5-6-19(27)12-20(17)23/h5-6,12,15-16,18,21,27,29H,3-4,7-11,13-14H2,1-2H3,(H,25,28)/t18-,21+,23-,24+/m0/s1. The van der Waals surface area contributed by atoms with Crippen LogP contribution in [-0.2, 0) is 16.6 Å². The summed E-state index contributed by atoms with van der Waals surface area (Å²) in [5.74, 6) is 1.10. The number of phenols is 1. The normalized spacial score (nSPS) is 36.4. The zero-order valence-corrected chi connectivity index (χ0v) is 17.7. The Kier molecular flexibility index (Phi) is 4.48. The molecule has 3 N–H and O–H groups in total. The maximum absolute atomic E-state index is 12.3. The number of nitrogens with zero attached hydrogens (tertiary/aromatic N) is 1. The molecule has 5 rings (SSSR count). The highest BCUT2D eigenvalue weighted by molar-refractivity contribution is 5.78. The van der Waals surface area contributed by atoms with Gasteiger partial charge in [-0.05, 0) is 80.7 Å². The molecule has 5 heteroatoms. The summed E-state index contributed by atoms with van der Waals surface area (Å²) in [5.41, 5.74) is 1.25. The van der Waals surface area contributed by atoms with E-state index in [9.17, 15) is 15.0 Å². The average Bonchev–Trinajstić information content (AvgIpc) is 3.48. The number of amides is 1. The van der Waals surface area contributed by atoms with Gasteiger partial charge in [-0.2, -0.15) is 0 Å². The Labute approximate surface area is 173 Å². The molecule has 2 saturated carbocycles. The smallest absolute Gasteiger partial charge is 0.222 e. The van der Waals surface area contributed by atoms with Crippen molar-refractivity contribution < 1.29 is 15.0 Å². The number of aromatic hydroxyl groups is 1. The summed E-state index contributed by atoms with van der Waals surface area (Å²) in [4.78, 5) is 14.9. The second-order valence-electron chi connectivity index (χ2n) is 10.4. The van der Waals surface area contributed by atoms with E-state index in [-0.39, 0.29) is 35.1 Å². The van der Waals surface area contributed by atoms with Crippen LogP contribution < -0.4 is 5.32 Å². The average molecular weight is 399 g/mol. The van der Waals surface area contributed by atoms with E-state index in [0.29, 0.717) is 6.42 Å². The molecule has 0 unspecified atom stereocenters. The van der Waals surface area contributed by atoms with Gasteiger partial charge >= 0.3 is 0 Å². The van der Waals surface area contributed by atoms with Crippen molar-refractivity contribution in [2.75, 3.05) is 13.1 Å². The summed E-state index contributed by atoms with van der Waals surface area (Å²) < 4.78 is 0. The van der Waals surface area contributed by atoms with Gasteiger partial charge in [0.25, 0.3) is 0 Å². The summed E-state index contributed by atoms with van der Waals surface area (Å²) in [6, 6.07) is 5.86. The van der Waals surface area contributed by atoms with Gasteiger partial charge in [0, 0.05) is 30.0 Å². The maximum Gasteiger partial charge on any atom is 0.222 e. The number of benzene rings is 1. The van der Waals surface area contributed by atoms with Crippen molar-refractivity contribution in [3.05, 3.63) is 29.3 Å². The van der Waals surface area contributed by atoms with Crippen LogP contribution in [0.5, 0.6) is 5.75 Å². The van der Waals surface area contributed by atoms with E-state index in [1.807, 2.05) is 19.9 Å². The number of piperidine rings is 1. The molecule has 1 heterocycles. The Morgan fingerprint density at radius 3 is 2.79 bits per heavy atom. The predicted molar refractivity (Wildman–Crippen MR) is 112 cm³/mol. The van der Waals surface area contributed by atoms with Crippen LogP contribution in [0.3, 0.4) is 0 Å². The Morgan fingerprint density at radius 2 is 2.07 bits per heavy atom. The van der Waals surface area contributed by atoms with Crippen LogP contribution in [0, 0.1) is 11.8 Å². The van der Waals surface area contributed by atoms with Gasteiger partial charge in [-0.15, -0.1) is 0 Å². The molecule has 158 valence electrons. The van der Waals surface area contributed by atoms with Crippen LogP contribution in [0.4, 0.5) is 0 Å². The molecule has 1 saturated heterocycles. The first-order chi connectivity index (χ1) is 13.8. The van der Waals surface area contributed by atoms with Gasteiger partial charge in [0.1, 0.15) is 5.75 Å². The molecule has 4 atom stereocenters. The van der Waals surface area contributed by atoms with Crippen molar-refractivity contribution in [3.8, 4) is 5.75 Å². The molecule has 1 aromatic rings. The lowest BCUT2D eigenvalue weighted by Crippen LogP contribution is -2.74. The number of carbonyl (C=O) groups excluding carboxylic acids is 1. The summed E-state index contributed by atoms with van der Waals surface area (Å²) in [7, 11) is 0. The topological polar surface area (TPSA) is 72.8 Å². The van der Waals surface area contributed by atoms with Crippen LogP contribution in [0.1, 0.15) is 63.5 Å². The van der Waals surface area contributed by atoms with Crippen molar-refractivity contribution in [1.82, 2.24) is 10.2 Å². The van der Waals surface area contributed by atoms with Crippen molar-refractivity contribution in [2.45, 2.75) is 81.9 Å². The predicted octanol–water partition coefficient (Wildman–Crippen LogP) is 2.73. The summed E-state index contributed by atoms with van der Waals surface area (Å²) in [6.45, 7) is 5.93. The molecule has 0 radical (unpaired) electrons. The fourth-order valence-corrected chi connectivity index (χ4v) is 6.44. The third-order valence-corrected chi connectivity index (χ3v) is 8.21. The highest BCUT2D eigenvalue weighted by Crippen LogP contribution is 2.58. The lowest BCUT2D eigenvalue weighted by atomic mass is 9.49. The fraction of sp³-hybridized carbons (Fsp3) is 0.708. The Balaban J connectivity index is 1.53. The molecule has 0 aromatic heterocycles. The van der Waals surface area contributed by atoms with Gasteiger partial charge in [-0.3, -0.25) is 9.69 Å². The molecule has 3 aliphatic carbocycles. The molecule has 5 nitrogen and oxygen atoms in total. The van der Waals surface area contributed by atoms with Gasteiger partial charge in [0.05, 0.1) is 5.60 Å². The van der Waals surface area contributed by atoms with Gasteiger partial charge in [0.15, 0.2) is 0 Å². The van der Waals surface area contributed by atoms with E-state index < -0.39 is 5.60 Å². The minimum absolute atomic E-state index is 0.0188. The van der Waals surface area contributed by atoms with Crippen LogP contribution in [0.2, 0.25) is 0 Å². The number of likely N-dealkylation sites (tertiary alicyclic amines) is 1. The molecular formula is C24H34N2O3. The zero-order chi connectivity index (χ0) is 20.4. The van der Waals surface area contributed by atoms with E-state index in [0.717, 1.165) is 50.3 Å². The van der Waals surface area contributed by atoms with Crippen LogP contribution in [0.15, 0.2) is 18.2 Å². The fourth-order valence-electron chi connectivity index (χ4n) is 6.44. The molecule has 1 amide bonds. The van der Waals surface area contributed by atoms with Crippen molar-refractivity contribution in [3.63, 3.8) is 0 Å². The number of fused-ring (bicyclic) bond motifs is 1. The number of hydrogen-bond donors (Lipinski definition) is 3. The number of carbonyl (C=O) groups is 1. The van der Waals surface area contributed by atoms with Gasteiger partial charge in [-0.25, -0.2) is 0 Å². The van der Waals surface area contributed by atoms with E-state index >= 15 is 0 Å². The number of nitrogens with one attached hydrogen (secondary N) is 1. The first-order valence-corrected chi connectivity index (χ1v) is 11.4.